The van der Waals surface area contributed by atoms with Crippen LogP contribution in [-0.2, 0) is 27.3 Å². The summed E-state index contributed by atoms with van der Waals surface area (Å²) in [5, 5.41) is 5.98. The van der Waals surface area contributed by atoms with Gasteiger partial charge in [-0.15, -0.1) is 0 Å². The number of aryl methyl sites for hydroxylation is 1. The van der Waals surface area contributed by atoms with Gasteiger partial charge in [-0.1, -0.05) is 18.2 Å². The Balaban J connectivity index is 1.36. The molecule has 4 N–H and O–H groups in total. The van der Waals surface area contributed by atoms with E-state index in [1.165, 1.54) is 7.11 Å². The maximum Gasteiger partial charge on any atom is 0.258 e. The Kier molecular flexibility index (Phi) is 7.92. The molecular formula is C29H36N4O6. The van der Waals surface area contributed by atoms with E-state index in [0.717, 1.165) is 17.5 Å². The Labute approximate surface area is 228 Å². The van der Waals surface area contributed by atoms with Gasteiger partial charge in [-0.05, 0) is 61.1 Å². The lowest BCUT2D eigenvalue weighted by Crippen LogP contribution is -2.65. The molecule has 2 aromatic rings. The molecule has 8 rings (SSSR count). The number of hydrogen-bond donors (Lipinski definition) is 3. The van der Waals surface area contributed by atoms with Crippen molar-refractivity contribution in [1.29, 1.82) is 0 Å². The van der Waals surface area contributed by atoms with E-state index in [4.69, 9.17) is 19.9 Å². The Morgan fingerprint density at radius 2 is 1.85 bits per heavy atom. The van der Waals surface area contributed by atoms with Crippen LogP contribution in [0.2, 0.25) is 0 Å². The van der Waals surface area contributed by atoms with Crippen molar-refractivity contribution in [2.24, 2.45) is 5.73 Å². The van der Waals surface area contributed by atoms with E-state index in [9.17, 15) is 14.4 Å². The molecule has 208 valence electrons. The highest BCUT2D eigenvalue weighted by Gasteiger charge is 2.45. The molecule has 5 aliphatic heterocycles. The summed E-state index contributed by atoms with van der Waals surface area (Å²) in [6.07, 6.45) is 3.38. The molecule has 2 fully saturated rings. The third-order valence-corrected chi connectivity index (χ3v) is 7.78. The summed E-state index contributed by atoms with van der Waals surface area (Å²) in [6, 6.07) is 12.5. The van der Waals surface area contributed by atoms with E-state index >= 15 is 0 Å². The topological polar surface area (TPSA) is 132 Å². The van der Waals surface area contributed by atoms with Crippen LogP contribution in [0.3, 0.4) is 0 Å². The molecule has 0 aromatic heterocycles. The lowest BCUT2D eigenvalue weighted by Gasteiger charge is -2.45. The zero-order chi connectivity index (χ0) is 27.4. The number of likely N-dealkylation sites (tertiary alicyclic amines) is 1. The number of rotatable bonds is 2. The van der Waals surface area contributed by atoms with Crippen molar-refractivity contribution >= 4 is 17.7 Å². The first-order valence-electron chi connectivity index (χ1n) is 13.5. The van der Waals surface area contributed by atoms with E-state index in [0.29, 0.717) is 69.0 Å². The molecule has 1 aliphatic carbocycles. The highest BCUT2D eigenvalue weighted by atomic mass is 16.5. The molecule has 6 aliphatic rings. The average molecular weight is 537 g/mol. The molecule has 2 atom stereocenters. The zero-order valence-corrected chi connectivity index (χ0v) is 22.2. The largest absolute Gasteiger partial charge is 0.493 e. The average Bonchev–Trinajstić information content (AvgIpc) is 2.93. The smallest absolute Gasteiger partial charge is 0.258 e. The van der Waals surface area contributed by atoms with E-state index in [2.05, 4.69) is 10.6 Å². The molecule has 4 bridgehead atoms. The second-order valence-corrected chi connectivity index (χ2v) is 10.6. The fraction of sp³-hybridized carbons (Fsp3) is 0.483. The predicted octanol–water partition coefficient (Wildman–Crippen LogP) is 1.68. The van der Waals surface area contributed by atoms with Gasteiger partial charge in [0.2, 0.25) is 11.8 Å². The molecule has 0 unspecified atom stereocenters. The standard InChI is InChI=1S/C29H36N4O6/c1-37-25-15-19-5-9-24(25)38-18-27(35)32-22-17-33(28(36)29(30)12-2-13-29)14-11-23(22)39-21-7-3-20(4-8-21)16-31-26(34)10-6-19/h3-5,7-9,15,22-23H,2,6,10-14,16-18,30H2,1H3,(H,31,34)(H,32,35)/t22-,23-/m1/s1. The molecule has 10 heteroatoms. The van der Waals surface area contributed by atoms with Crippen LogP contribution in [0.15, 0.2) is 42.5 Å². The summed E-state index contributed by atoms with van der Waals surface area (Å²) >= 11 is 0. The monoisotopic (exact) mass is 536 g/mol. The van der Waals surface area contributed by atoms with Crippen molar-refractivity contribution < 1.29 is 28.6 Å². The molecule has 39 heavy (non-hydrogen) atoms. The Morgan fingerprint density at radius 3 is 2.56 bits per heavy atom. The predicted molar refractivity (Wildman–Crippen MR) is 143 cm³/mol. The summed E-state index contributed by atoms with van der Waals surface area (Å²) in [4.78, 5) is 40.3. The Hall–Kier alpha value is -3.79. The Bertz CT molecular complexity index is 1210. The van der Waals surface area contributed by atoms with Gasteiger partial charge in [-0.25, -0.2) is 0 Å². The highest BCUT2D eigenvalue weighted by Crippen LogP contribution is 2.32. The van der Waals surface area contributed by atoms with Crippen molar-refractivity contribution in [3.63, 3.8) is 0 Å². The molecule has 0 spiro atoms. The number of carbonyl (C=O) groups excluding carboxylic acids is 3. The second kappa shape index (κ2) is 11.5. The molecule has 0 radical (unpaired) electrons. The number of nitrogens with one attached hydrogen (secondary N) is 2. The number of ether oxygens (including phenoxy) is 3. The van der Waals surface area contributed by atoms with Crippen molar-refractivity contribution in [2.45, 2.75) is 62.8 Å². The van der Waals surface area contributed by atoms with E-state index < -0.39 is 11.6 Å². The lowest BCUT2D eigenvalue weighted by atomic mass is 9.76. The molecule has 3 amide bonds. The van der Waals surface area contributed by atoms with Gasteiger partial charge in [0.25, 0.3) is 5.91 Å². The number of amides is 3. The maximum atomic E-state index is 13.1. The van der Waals surface area contributed by atoms with Crippen molar-refractivity contribution in [3.8, 4) is 17.2 Å². The molecule has 1 saturated carbocycles. The number of methoxy groups -OCH3 is 1. The van der Waals surface area contributed by atoms with Crippen LogP contribution in [0.1, 0.15) is 43.2 Å². The third kappa shape index (κ3) is 6.27. The number of carbonyl (C=O) groups is 3. The van der Waals surface area contributed by atoms with Crippen molar-refractivity contribution in [3.05, 3.63) is 53.6 Å². The number of benzene rings is 2. The highest BCUT2D eigenvalue weighted by molar-refractivity contribution is 5.87. The van der Waals surface area contributed by atoms with Gasteiger partial charge in [0.1, 0.15) is 11.9 Å². The fourth-order valence-corrected chi connectivity index (χ4v) is 5.27. The number of nitrogens with two attached hydrogens (primary N) is 1. The first kappa shape index (κ1) is 26.8. The van der Waals surface area contributed by atoms with Gasteiger partial charge < -0.3 is 35.5 Å². The van der Waals surface area contributed by atoms with Crippen LogP contribution in [-0.4, -0.2) is 67.1 Å². The SMILES string of the molecule is COc1cc2ccc1OCC(=O)N[C@@H]1CN(C(=O)C3(N)CCC3)CC[C@H]1Oc1ccc(cc1)CNC(=O)CC2. The lowest BCUT2D eigenvalue weighted by molar-refractivity contribution is -0.143. The van der Waals surface area contributed by atoms with Gasteiger partial charge in [-0.2, -0.15) is 0 Å². The Morgan fingerprint density at radius 1 is 1.08 bits per heavy atom. The summed E-state index contributed by atoms with van der Waals surface area (Å²) in [6.45, 7) is 0.981. The molecule has 10 nitrogen and oxygen atoms in total. The minimum absolute atomic E-state index is 0.0500. The first-order valence-corrected chi connectivity index (χ1v) is 13.5. The van der Waals surface area contributed by atoms with E-state index in [1.54, 1.807) is 11.0 Å². The molecular weight excluding hydrogens is 500 g/mol. The van der Waals surface area contributed by atoms with E-state index in [1.807, 2.05) is 36.4 Å². The normalized spacial score (nSPS) is 23.3. The zero-order valence-electron chi connectivity index (χ0n) is 22.2. The third-order valence-electron chi connectivity index (χ3n) is 7.78. The molecule has 2 aromatic carbocycles. The minimum Gasteiger partial charge on any atom is -0.493 e. The van der Waals surface area contributed by atoms with Crippen LogP contribution in [0.25, 0.3) is 0 Å². The second-order valence-electron chi connectivity index (χ2n) is 10.6. The molecule has 1 saturated heterocycles. The number of nitrogens with zero attached hydrogens (tertiary/aromatic N) is 1. The van der Waals surface area contributed by atoms with Gasteiger partial charge in [0, 0.05) is 32.5 Å². The fourth-order valence-electron chi connectivity index (χ4n) is 5.27. The number of piperidine rings is 1. The van der Waals surface area contributed by atoms with Gasteiger partial charge in [0.15, 0.2) is 18.1 Å². The van der Waals surface area contributed by atoms with Gasteiger partial charge in [0.05, 0.1) is 18.7 Å². The van der Waals surface area contributed by atoms with Crippen LogP contribution < -0.4 is 30.6 Å². The maximum absolute atomic E-state index is 13.1. The summed E-state index contributed by atoms with van der Waals surface area (Å²) in [5.41, 5.74) is 7.40. The van der Waals surface area contributed by atoms with Crippen LogP contribution in [0.5, 0.6) is 17.2 Å². The van der Waals surface area contributed by atoms with Crippen LogP contribution >= 0.6 is 0 Å². The van der Waals surface area contributed by atoms with Gasteiger partial charge >= 0.3 is 0 Å². The van der Waals surface area contributed by atoms with Crippen LogP contribution in [0, 0.1) is 0 Å². The first-order chi connectivity index (χ1) is 18.8. The van der Waals surface area contributed by atoms with Gasteiger partial charge in [-0.3, -0.25) is 14.4 Å². The number of hydrogen-bond acceptors (Lipinski definition) is 7. The quantitative estimate of drug-likeness (QED) is 0.532. The summed E-state index contributed by atoms with van der Waals surface area (Å²) in [5.74, 6) is 1.11. The van der Waals surface area contributed by atoms with Crippen molar-refractivity contribution in [2.75, 3.05) is 26.8 Å². The van der Waals surface area contributed by atoms with E-state index in [-0.39, 0.29) is 30.4 Å². The van der Waals surface area contributed by atoms with Crippen LogP contribution in [0.4, 0.5) is 0 Å². The minimum atomic E-state index is -0.804. The summed E-state index contributed by atoms with van der Waals surface area (Å²) < 4.78 is 17.6. The van der Waals surface area contributed by atoms with Crippen molar-refractivity contribution in [1.82, 2.24) is 15.5 Å². The summed E-state index contributed by atoms with van der Waals surface area (Å²) in [7, 11) is 1.53. The molecule has 5 heterocycles.